The van der Waals surface area contributed by atoms with E-state index in [1.807, 2.05) is 0 Å². The van der Waals surface area contributed by atoms with Crippen molar-refractivity contribution in [2.45, 2.75) is 155 Å². The summed E-state index contributed by atoms with van der Waals surface area (Å²) in [6, 6.07) is 0. The molecule has 0 aliphatic carbocycles. The Labute approximate surface area is 192 Å². The van der Waals surface area contributed by atoms with Crippen LogP contribution in [0.4, 0.5) is 0 Å². The van der Waals surface area contributed by atoms with Crippen LogP contribution < -0.4 is 0 Å². The Morgan fingerprint density at radius 2 is 0.677 bits per heavy atom. The van der Waals surface area contributed by atoms with Crippen LogP contribution in [-0.4, -0.2) is 22.2 Å². The van der Waals surface area contributed by atoms with Gasteiger partial charge in [-0.3, -0.25) is 9.59 Å². The number of rotatable bonds is 25. The molecule has 0 bridgehead atoms. The topological polar surface area (TPSA) is 74.6 Å². The molecule has 4 heteroatoms. The maximum absolute atomic E-state index is 10.8. The Kier molecular flexibility index (Phi) is 22.8. The summed E-state index contributed by atoms with van der Waals surface area (Å²) >= 11 is 0. The van der Waals surface area contributed by atoms with Crippen LogP contribution in [0.25, 0.3) is 0 Å². The van der Waals surface area contributed by atoms with Gasteiger partial charge in [0, 0.05) is 0 Å². The van der Waals surface area contributed by atoms with Crippen LogP contribution in [0.2, 0.25) is 0 Å². The molecule has 0 heterocycles. The number of carbonyl (C=O) groups is 2. The molecule has 0 aromatic carbocycles. The molecular weight excluding hydrogens is 388 g/mol. The van der Waals surface area contributed by atoms with E-state index in [-0.39, 0.29) is 6.42 Å². The van der Waals surface area contributed by atoms with E-state index >= 15 is 0 Å². The molecule has 0 aromatic heterocycles. The number of hydrogen-bond donors (Lipinski definition) is 2. The molecule has 0 radical (unpaired) electrons. The zero-order chi connectivity index (χ0) is 23.0. The number of aliphatic carboxylic acids is 2. The van der Waals surface area contributed by atoms with Crippen LogP contribution in [0, 0.1) is 5.92 Å². The summed E-state index contributed by atoms with van der Waals surface area (Å²) < 4.78 is 0. The molecule has 0 atom stereocenters. The fraction of sp³-hybridized carbons (Fsp3) is 0.926. The van der Waals surface area contributed by atoms with Crippen LogP contribution in [0.15, 0.2) is 0 Å². The van der Waals surface area contributed by atoms with E-state index in [1.54, 1.807) is 0 Å². The first-order valence-corrected chi connectivity index (χ1v) is 13.5. The standard InChI is InChI=1S/C27H52O4/c1-2-3-4-5-6-7-8-9-10-11-12-13-14-15-16-17-18-19-20-21-22-23-24-25(26(28)29)27(30)31/h25H,2-24H2,1H3,(H,28,29)(H,30,31). The molecule has 0 aromatic rings. The van der Waals surface area contributed by atoms with Gasteiger partial charge < -0.3 is 10.2 Å². The Morgan fingerprint density at radius 1 is 0.452 bits per heavy atom. The lowest BCUT2D eigenvalue weighted by molar-refractivity contribution is -0.154. The lowest BCUT2D eigenvalue weighted by Crippen LogP contribution is -2.23. The molecule has 0 spiro atoms. The second kappa shape index (κ2) is 23.6. The largest absolute Gasteiger partial charge is 0.481 e. The minimum atomic E-state index is -1.23. The van der Waals surface area contributed by atoms with Crippen molar-refractivity contribution in [1.82, 2.24) is 0 Å². The molecule has 0 fully saturated rings. The van der Waals surface area contributed by atoms with Crippen molar-refractivity contribution in [2.75, 3.05) is 0 Å². The highest BCUT2D eigenvalue weighted by Crippen LogP contribution is 2.16. The van der Waals surface area contributed by atoms with Gasteiger partial charge in [-0.25, -0.2) is 0 Å². The summed E-state index contributed by atoms with van der Waals surface area (Å²) in [5.74, 6) is -3.66. The van der Waals surface area contributed by atoms with E-state index in [1.165, 1.54) is 122 Å². The summed E-state index contributed by atoms with van der Waals surface area (Å²) in [5.41, 5.74) is 0. The highest BCUT2D eigenvalue weighted by Gasteiger charge is 2.24. The van der Waals surface area contributed by atoms with Crippen molar-refractivity contribution in [3.63, 3.8) is 0 Å². The van der Waals surface area contributed by atoms with Gasteiger partial charge in [-0.15, -0.1) is 0 Å². The van der Waals surface area contributed by atoms with Gasteiger partial charge in [0.15, 0.2) is 5.92 Å². The van der Waals surface area contributed by atoms with Crippen LogP contribution in [0.5, 0.6) is 0 Å². The summed E-state index contributed by atoms with van der Waals surface area (Å²) in [6.45, 7) is 2.28. The smallest absolute Gasteiger partial charge is 0.317 e. The molecule has 0 rings (SSSR count). The fourth-order valence-corrected chi connectivity index (χ4v) is 4.31. The minimum Gasteiger partial charge on any atom is -0.481 e. The number of carboxylic acids is 2. The lowest BCUT2D eigenvalue weighted by atomic mass is 10.00. The van der Waals surface area contributed by atoms with Crippen molar-refractivity contribution in [2.24, 2.45) is 5.92 Å². The SMILES string of the molecule is CCCCCCCCCCCCCCCCCCCCCCCCC(C(=O)O)C(=O)O. The Morgan fingerprint density at radius 3 is 0.903 bits per heavy atom. The van der Waals surface area contributed by atoms with E-state index in [0.29, 0.717) is 6.42 Å². The van der Waals surface area contributed by atoms with Crippen LogP contribution in [0.3, 0.4) is 0 Å². The fourth-order valence-electron chi connectivity index (χ4n) is 4.31. The Bertz CT molecular complexity index is 394. The Hall–Kier alpha value is -1.06. The van der Waals surface area contributed by atoms with E-state index in [4.69, 9.17) is 10.2 Å². The maximum Gasteiger partial charge on any atom is 0.317 e. The molecule has 0 saturated carbocycles. The molecule has 184 valence electrons. The third-order valence-corrected chi connectivity index (χ3v) is 6.44. The normalized spacial score (nSPS) is 11.3. The minimum absolute atomic E-state index is 0.254. The highest BCUT2D eigenvalue weighted by molar-refractivity contribution is 5.92. The van der Waals surface area contributed by atoms with Gasteiger partial charge in [-0.1, -0.05) is 148 Å². The van der Waals surface area contributed by atoms with E-state index in [9.17, 15) is 9.59 Å². The van der Waals surface area contributed by atoms with Crippen molar-refractivity contribution < 1.29 is 19.8 Å². The number of carboxylic acid groups (broad SMARTS) is 2. The van der Waals surface area contributed by atoms with Crippen LogP contribution in [0.1, 0.15) is 155 Å². The third-order valence-electron chi connectivity index (χ3n) is 6.44. The Balaban J connectivity index is 3.16. The molecular formula is C27H52O4. The molecule has 0 aliphatic heterocycles. The third kappa shape index (κ3) is 21.9. The van der Waals surface area contributed by atoms with E-state index in [2.05, 4.69) is 6.92 Å². The maximum atomic E-state index is 10.8. The molecule has 0 aliphatic rings. The van der Waals surface area contributed by atoms with Gasteiger partial charge in [-0.2, -0.15) is 0 Å². The predicted octanol–water partition coefficient (Wildman–Crippen LogP) is 8.76. The summed E-state index contributed by atoms with van der Waals surface area (Å²) in [5, 5.41) is 17.7. The second-order valence-corrected chi connectivity index (χ2v) is 9.44. The van der Waals surface area contributed by atoms with Crippen molar-refractivity contribution in [3.8, 4) is 0 Å². The number of unbranched alkanes of at least 4 members (excludes halogenated alkanes) is 21. The average molecular weight is 441 g/mol. The van der Waals surface area contributed by atoms with Gasteiger partial charge in [0.2, 0.25) is 0 Å². The average Bonchev–Trinajstić information content (AvgIpc) is 2.73. The summed E-state index contributed by atoms with van der Waals surface area (Å²) in [4.78, 5) is 21.6. The van der Waals surface area contributed by atoms with Crippen LogP contribution >= 0.6 is 0 Å². The lowest BCUT2D eigenvalue weighted by Gasteiger charge is -2.07. The molecule has 0 unspecified atom stereocenters. The van der Waals surface area contributed by atoms with Gasteiger partial charge >= 0.3 is 11.9 Å². The molecule has 0 saturated heterocycles. The zero-order valence-electron chi connectivity index (χ0n) is 20.6. The van der Waals surface area contributed by atoms with Gasteiger partial charge in [0.25, 0.3) is 0 Å². The predicted molar refractivity (Wildman–Crippen MR) is 131 cm³/mol. The molecule has 31 heavy (non-hydrogen) atoms. The van der Waals surface area contributed by atoms with Crippen LogP contribution in [-0.2, 0) is 9.59 Å². The van der Waals surface area contributed by atoms with Crippen molar-refractivity contribution >= 4 is 11.9 Å². The highest BCUT2D eigenvalue weighted by atomic mass is 16.4. The molecule has 2 N–H and O–H groups in total. The molecule has 4 nitrogen and oxygen atoms in total. The second-order valence-electron chi connectivity index (χ2n) is 9.44. The van der Waals surface area contributed by atoms with E-state index < -0.39 is 17.9 Å². The first-order chi connectivity index (χ1) is 15.1. The first-order valence-electron chi connectivity index (χ1n) is 13.5. The van der Waals surface area contributed by atoms with E-state index in [0.717, 1.165) is 12.8 Å². The van der Waals surface area contributed by atoms with Gasteiger partial charge in [-0.05, 0) is 6.42 Å². The van der Waals surface area contributed by atoms with Crippen molar-refractivity contribution in [3.05, 3.63) is 0 Å². The quantitative estimate of drug-likeness (QED) is 0.110. The zero-order valence-corrected chi connectivity index (χ0v) is 20.6. The summed E-state index contributed by atoms with van der Waals surface area (Å²) in [7, 11) is 0. The van der Waals surface area contributed by atoms with Crippen molar-refractivity contribution in [1.29, 1.82) is 0 Å². The summed E-state index contributed by atoms with van der Waals surface area (Å²) in [6.07, 6.45) is 29.3. The molecule has 0 amide bonds. The first kappa shape index (κ1) is 29.9. The number of hydrogen-bond acceptors (Lipinski definition) is 2. The monoisotopic (exact) mass is 440 g/mol. The van der Waals surface area contributed by atoms with Gasteiger partial charge in [0.1, 0.15) is 0 Å². The van der Waals surface area contributed by atoms with Gasteiger partial charge in [0.05, 0.1) is 0 Å².